The number of hydrogen-bond acceptors (Lipinski definition) is 5. The molecule has 0 aromatic carbocycles. The normalized spacial score (nSPS) is 9.21. The number of ether oxygens (including phenoxy) is 1. The number of methoxy groups -OCH3 is 1. The first kappa shape index (κ1) is 10.2. The van der Waals surface area contributed by atoms with Crippen molar-refractivity contribution in [2.45, 2.75) is 0 Å². The minimum atomic E-state index is -0.493. The van der Waals surface area contributed by atoms with Crippen LogP contribution in [-0.4, -0.2) is 29.6 Å². The van der Waals surface area contributed by atoms with Gasteiger partial charge in [0.1, 0.15) is 5.82 Å². The zero-order chi connectivity index (χ0) is 10.4. The lowest BCUT2D eigenvalue weighted by Gasteiger charge is -2.01. The number of aromatic nitrogens is 2. The Morgan fingerprint density at radius 2 is 2.43 bits per heavy atom. The molecule has 1 aromatic rings. The van der Waals surface area contributed by atoms with Crippen LogP contribution in [0, 0.1) is 0 Å². The molecule has 0 saturated carbocycles. The molecule has 0 aliphatic heterocycles. The Kier molecular flexibility index (Phi) is 3.60. The fourth-order valence-electron chi connectivity index (χ4n) is 0.806. The molecule has 0 unspecified atom stereocenters. The lowest BCUT2D eigenvalue weighted by atomic mass is 10.4. The van der Waals surface area contributed by atoms with Crippen LogP contribution in [0.3, 0.4) is 0 Å². The summed E-state index contributed by atoms with van der Waals surface area (Å²) < 4.78 is 4.48. The molecule has 1 aromatic heterocycles. The van der Waals surface area contributed by atoms with E-state index in [9.17, 15) is 4.79 Å². The van der Waals surface area contributed by atoms with Gasteiger partial charge in [0.05, 0.1) is 19.5 Å². The van der Waals surface area contributed by atoms with Gasteiger partial charge in [0.15, 0.2) is 5.69 Å². The number of esters is 1. The van der Waals surface area contributed by atoms with E-state index >= 15 is 0 Å². The van der Waals surface area contributed by atoms with Crippen molar-refractivity contribution in [3.05, 3.63) is 30.7 Å². The molecule has 0 fully saturated rings. The Morgan fingerprint density at radius 3 is 2.93 bits per heavy atom. The lowest BCUT2D eigenvalue weighted by Crippen LogP contribution is -2.07. The summed E-state index contributed by atoms with van der Waals surface area (Å²) in [6.07, 6.45) is 4.53. The van der Waals surface area contributed by atoms with Gasteiger partial charge in [-0.25, -0.2) is 14.8 Å². The van der Waals surface area contributed by atoms with Gasteiger partial charge in [-0.3, -0.25) is 0 Å². The molecule has 5 heteroatoms. The molecular weight excluding hydrogens is 182 g/mol. The molecule has 74 valence electrons. The Morgan fingerprint density at radius 1 is 1.64 bits per heavy atom. The number of rotatable bonds is 4. The minimum Gasteiger partial charge on any atom is -0.464 e. The maximum Gasteiger partial charge on any atom is 0.358 e. The van der Waals surface area contributed by atoms with Crippen molar-refractivity contribution in [2.24, 2.45) is 0 Å². The van der Waals surface area contributed by atoms with Crippen molar-refractivity contribution < 1.29 is 9.53 Å². The summed E-state index contributed by atoms with van der Waals surface area (Å²) in [7, 11) is 1.30. The van der Waals surface area contributed by atoms with Crippen molar-refractivity contribution in [3.63, 3.8) is 0 Å². The molecule has 0 bridgehead atoms. The summed E-state index contributed by atoms with van der Waals surface area (Å²) in [5, 5.41) is 2.93. The van der Waals surface area contributed by atoms with Crippen molar-refractivity contribution in [3.8, 4) is 0 Å². The zero-order valence-corrected chi connectivity index (χ0v) is 7.86. The van der Waals surface area contributed by atoms with Gasteiger partial charge in [0.2, 0.25) is 0 Å². The second-order valence-corrected chi connectivity index (χ2v) is 2.45. The molecular formula is C9H11N3O2. The van der Waals surface area contributed by atoms with Gasteiger partial charge < -0.3 is 10.1 Å². The molecule has 0 aliphatic rings. The maximum absolute atomic E-state index is 11.0. The molecule has 14 heavy (non-hydrogen) atoms. The zero-order valence-electron chi connectivity index (χ0n) is 7.86. The molecule has 0 spiro atoms. The van der Waals surface area contributed by atoms with Crippen molar-refractivity contribution in [2.75, 3.05) is 19.0 Å². The quantitative estimate of drug-likeness (QED) is 0.567. The summed E-state index contributed by atoms with van der Waals surface area (Å²) in [6, 6.07) is 0. The second-order valence-electron chi connectivity index (χ2n) is 2.45. The number of nitrogens with one attached hydrogen (secondary N) is 1. The summed E-state index contributed by atoms with van der Waals surface area (Å²) in [4.78, 5) is 18.8. The van der Waals surface area contributed by atoms with E-state index in [1.807, 2.05) is 0 Å². The Bertz CT molecular complexity index is 321. The number of nitrogens with zero attached hydrogens (tertiary/aromatic N) is 2. The average molecular weight is 193 g/mol. The fourth-order valence-corrected chi connectivity index (χ4v) is 0.806. The summed E-state index contributed by atoms with van der Waals surface area (Å²) >= 11 is 0. The van der Waals surface area contributed by atoms with Crippen molar-refractivity contribution in [1.82, 2.24) is 9.97 Å². The van der Waals surface area contributed by atoms with Gasteiger partial charge in [-0.05, 0) is 0 Å². The van der Waals surface area contributed by atoms with Crippen LogP contribution >= 0.6 is 0 Å². The van der Waals surface area contributed by atoms with Crippen LogP contribution in [0.2, 0.25) is 0 Å². The third-order valence-corrected chi connectivity index (χ3v) is 1.47. The molecule has 5 nitrogen and oxygen atoms in total. The molecule has 0 atom stereocenters. The molecule has 0 saturated heterocycles. The van der Waals surface area contributed by atoms with E-state index in [1.165, 1.54) is 19.5 Å². The van der Waals surface area contributed by atoms with Crippen molar-refractivity contribution >= 4 is 11.8 Å². The topological polar surface area (TPSA) is 64.1 Å². The van der Waals surface area contributed by atoms with Gasteiger partial charge >= 0.3 is 5.97 Å². The Hall–Kier alpha value is -1.91. The smallest absolute Gasteiger partial charge is 0.358 e. The van der Waals surface area contributed by atoms with Crippen LogP contribution in [0.4, 0.5) is 5.82 Å². The van der Waals surface area contributed by atoms with Gasteiger partial charge in [-0.15, -0.1) is 6.58 Å². The largest absolute Gasteiger partial charge is 0.464 e. The molecule has 0 amide bonds. The van der Waals surface area contributed by atoms with Crippen LogP contribution in [0.25, 0.3) is 0 Å². The summed E-state index contributed by atoms with van der Waals surface area (Å²) in [5.74, 6) is 0.102. The third kappa shape index (κ3) is 2.55. The average Bonchev–Trinajstić information content (AvgIpc) is 2.26. The number of carbonyl (C=O) groups is 1. The molecule has 1 N–H and O–H groups in total. The highest BCUT2D eigenvalue weighted by atomic mass is 16.5. The van der Waals surface area contributed by atoms with E-state index in [4.69, 9.17) is 0 Å². The standard InChI is InChI=1S/C9H11N3O2/c1-3-4-10-8-6-11-7(5-12-8)9(13)14-2/h3,5-6H,1,4H2,2H3,(H,10,12). The van der Waals surface area contributed by atoms with Crippen LogP contribution in [0.15, 0.2) is 25.0 Å². The monoisotopic (exact) mass is 193 g/mol. The summed E-state index contributed by atoms with van der Waals surface area (Å²) in [5.41, 5.74) is 0.191. The van der Waals surface area contributed by atoms with E-state index in [0.717, 1.165) is 0 Å². The van der Waals surface area contributed by atoms with E-state index < -0.39 is 5.97 Å². The van der Waals surface area contributed by atoms with Gasteiger partial charge in [-0.1, -0.05) is 6.08 Å². The summed E-state index contributed by atoms with van der Waals surface area (Å²) in [6.45, 7) is 4.15. The predicted octanol–water partition coefficient (Wildman–Crippen LogP) is 0.861. The van der Waals surface area contributed by atoms with Gasteiger partial charge in [-0.2, -0.15) is 0 Å². The van der Waals surface area contributed by atoms with E-state index in [1.54, 1.807) is 6.08 Å². The molecule has 1 rings (SSSR count). The van der Waals surface area contributed by atoms with Crippen LogP contribution in [0.5, 0.6) is 0 Å². The highest BCUT2D eigenvalue weighted by Crippen LogP contribution is 2.01. The lowest BCUT2D eigenvalue weighted by molar-refractivity contribution is 0.0593. The SMILES string of the molecule is C=CCNc1cnc(C(=O)OC)cn1. The van der Waals surface area contributed by atoms with Gasteiger partial charge in [0, 0.05) is 6.54 Å². The van der Waals surface area contributed by atoms with Crippen LogP contribution < -0.4 is 5.32 Å². The Labute approximate surface area is 81.8 Å². The molecule has 0 radical (unpaired) electrons. The highest BCUT2D eigenvalue weighted by Gasteiger charge is 2.06. The maximum atomic E-state index is 11.0. The highest BCUT2D eigenvalue weighted by molar-refractivity contribution is 5.86. The first-order valence-corrected chi connectivity index (χ1v) is 4.03. The predicted molar refractivity (Wildman–Crippen MR) is 52.1 cm³/mol. The van der Waals surface area contributed by atoms with E-state index in [2.05, 4.69) is 26.6 Å². The number of hydrogen-bond donors (Lipinski definition) is 1. The molecule has 0 aliphatic carbocycles. The van der Waals surface area contributed by atoms with Crippen LogP contribution in [0.1, 0.15) is 10.5 Å². The van der Waals surface area contributed by atoms with Crippen molar-refractivity contribution in [1.29, 1.82) is 0 Å². The van der Waals surface area contributed by atoms with E-state index in [0.29, 0.717) is 12.4 Å². The second kappa shape index (κ2) is 4.96. The third-order valence-electron chi connectivity index (χ3n) is 1.47. The first-order valence-electron chi connectivity index (χ1n) is 4.03. The first-order chi connectivity index (χ1) is 6.77. The number of carbonyl (C=O) groups excluding carboxylic acids is 1. The Balaban J connectivity index is 2.68. The number of anilines is 1. The van der Waals surface area contributed by atoms with E-state index in [-0.39, 0.29) is 5.69 Å². The fraction of sp³-hybridized carbons (Fsp3) is 0.222. The molecule has 1 heterocycles. The van der Waals surface area contributed by atoms with Crippen LogP contribution in [-0.2, 0) is 4.74 Å². The minimum absolute atomic E-state index is 0.191. The van der Waals surface area contributed by atoms with Gasteiger partial charge in [0.25, 0.3) is 0 Å².